The summed E-state index contributed by atoms with van der Waals surface area (Å²) in [6.07, 6.45) is 8.21. The van der Waals surface area contributed by atoms with E-state index in [0.717, 1.165) is 56.7 Å². The molecule has 2 saturated heterocycles. The number of likely N-dealkylation sites (N-methyl/N-ethyl adjacent to an activating group) is 1. The highest BCUT2D eigenvalue weighted by atomic mass is 19.1. The maximum absolute atomic E-state index is 12.9. The maximum atomic E-state index is 12.9. The number of carbonyl (C=O) groups excluding carboxylic acids is 1. The highest BCUT2D eigenvalue weighted by molar-refractivity contribution is 5.97. The number of fused-ring (bicyclic) bond motifs is 3. The van der Waals surface area contributed by atoms with Crippen LogP contribution in [0.3, 0.4) is 0 Å². The molecule has 1 aliphatic carbocycles. The number of piperazine rings is 1. The first-order valence-electron chi connectivity index (χ1n) is 17.0. The van der Waals surface area contributed by atoms with Gasteiger partial charge in [0.1, 0.15) is 19.1 Å². The van der Waals surface area contributed by atoms with Gasteiger partial charge < -0.3 is 24.3 Å². The van der Waals surface area contributed by atoms with E-state index in [1.54, 1.807) is 4.90 Å². The van der Waals surface area contributed by atoms with Gasteiger partial charge in [0.25, 0.3) is 0 Å². The molecule has 3 aromatic rings. The summed E-state index contributed by atoms with van der Waals surface area (Å²) < 4.78 is 19.2. The second kappa shape index (κ2) is 13.1. The smallest absolute Gasteiger partial charge is 0.318 e. The lowest BCUT2D eigenvalue weighted by Crippen LogP contribution is -2.57. The lowest BCUT2D eigenvalue weighted by atomic mass is 9.62. The summed E-state index contributed by atoms with van der Waals surface area (Å²) in [5.74, 6) is 0.626. The van der Waals surface area contributed by atoms with Gasteiger partial charge in [-0.3, -0.25) is 4.79 Å². The minimum atomic E-state index is -0.696. The Morgan fingerprint density at radius 2 is 1.94 bits per heavy atom. The molecule has 1 aromatic heterocycles. The van der Waals surface area contributed by atoms with Crippen molar-refractivity contribution in [1.82, 2.24) is 19.8 Å². The zero-order chi connectivity index (χ0) is 32.5. The van der Waals surface area contributed by atoms with Crippen molar-refractivity contribution < 1.29 is 13.9 Å². The van der Waals surface area contributed by atoms with Gasteiger partial charge in [0, 0.05) is 60.3 Å². The zero-order valence-electron chi connectivity index (χ0n) is 27.5. The fraction of sp³-hybridized carbons (Fsp3) is 0.514. The average molecular weight is 638 g/mol. The van der Waals surface area contributed by atoms with Crippen LogP contribution in [0.2, 0.25) is 0 Å². The van der Waals surface area contributed by atoms with Gasteiger partial charge in [-0.1, -0.05) is 36.8 Å². The van der Waals surface area contributed by atoms with Crippen LogP contribution in [-0.4, -0.2) is 90.8 Å². The first-order valence-corrected chi connectivity index (χ1v) is 17.0. The number of aryl methyl sites for hydroxylation is 1. The van der Waals surface area contributed by atoms with Crippen molar-refractivity contribution in [2.45, 2.75) is 69.5 Å². The Morgan fingerprint density at radius 3 is 2.66 bits per heavy atom. The van der Waals surface area contributed by atoms with E-state index in [4.69, 9.17) is 14.7 Å². The Labute approximate surface area is 276 Å². The molecule has 1 spiro atoms. The van der Waals surface area contributed by atoms with E-state index in [2.05, 4.69) is 71.1 Å². The van der Waals surface area contributed by atoms with Crippen LogP contribution in [-0.2, 0) is 16.8 Å². The summed E-state index contributed by atoms with van der Waals surface area (Å²) in [4.78, 5) is 32.1. The normalized spacial score (nSPS) is 22.5. The number of hydrogen-bond donors (Lipinski definition) is 0. The SMILES string of the molecule is Cc1cccc2cccc(N3Cc4nc(OC[C@@H]5CCCN5C)nc(N5CCN(C(=O)/C=C/CF)[C@@H](CC#N)C5)c4C4(CCC4)C3)c12. The fourth-order valence-electron chi connectivity index (χ4n) is 8.27. The van der Waals surface area contributed by atoms with Crippen LogP contribution in [0.25, 0.3) is 10.8 Å². The minimum absolute atomic E-state index is 0.0977. The third kappa shape index (κ3) is 5.91. The van der Waals surface area contributed by atoms with E-state index < -0.39 is 6.67 Å². The Bertz CT molecular complexity index is 1710. The number of likely N-dealkylation sites (tertiary alicyclic amines) is 1. The van der Waals surface area contributed by atoms with Gasteiger partial charge in [-0.2, -0.15) is 15.2 Å². The number of rotatable bonds is 8. The summed E-state index contributed by atoms with van der Waals surface area (Å²) in [5, 5.41) is 12.2. The number of nitrogens with zero attached hydrogens (tertiary/aromatic N) is 7. The predicted molar refractivity (Wildman–Crippen MR) is 182 cm³/mol. The third-order valence-electron chi connectivity index (χ3n) is 10.9. The minimum Gasteiger partial charge on any atom is -0.462 e. The van der Waals surface area contributed by atoms with Crippen molar-refractivity contribution in [3.63, 3.8) is 0 Å². The van der Waals surface area contributed by atoms with Crippen LogP contribution in [0.4, 0.5) is 15.9 Å². The molecular formula is C37H44FN7O2. The van der Waals surface area contributed by atoms with Crippen molar-refractivity contribution in [3.8, 4) is 12.1 Å². The average Bonchev–Trinajstić information content (AvgIpc) is 3.48. The van der Waals surface area contributed by atoms with Crippen molar-refractivity contribution in [2.75, 3.05) is 62.9 Å². The van der Waals surface area contributed by atoms with Gasteiger partial charge in [0.15, 0.2) is 0 Å². The summed E-state index contributed by atoms with van der Waals surface area (Å²) in [6, 6.07) is 15.7. The molecule has 4 aliphatic rings. The molecule has 2 atom stereocenters. The van der Waals surface area contributed by atoms with E-state index in [1.807, 2.05) is 0 Å². The number of ether oxygens (including phenoxy) is 1. The number of amides is 1. The molecular weight excluding hydrogens is 593 g/mol. The van der Waals surface area contributed by atoms with Crippen molar-refractivity contribution in [2.24, 2.45) is 0 Å². The monoisotopic (exact) mass is 637 g/mol. The third-order valence-corrected chi connectivity index (χ3v) is 10.9. The molecule has 3 aliphatic heterocycles. The second-order valence-corrected chi connectivity index (χ2v) is 13.7. The van der Waals surface area contributed by atoms with E-state index >= 15 is 0 Å². The quantitative estimate of drug-likeness (QED) is 0.307. The van der Waals surface area contributed by atoms with Gasteiger partial charge in [0.2, 0.25) is 5.91 Å². The van der Waals surface area contributed by atoms with Gasteiger partial charge >= 0.3 is 6.01 Å². The number of halogens is 1. The Morgan fingerprint density at radius 1 is 1.11 bits per heavy atom. The number of aromatic nitrogens is 2. The molecule has 0 bridgehead atoms. The van der Waals surface area contributed by atoms with Crippen LogP contribution in [0, 0.1) is 18.3 Å². The van der Waals surface area contributed by atoms with E-state index in [0.29, 0.717) is 44.8 Å². The number of hydrogen-bond acceptors (Lipinski definition) is 8. The molecule has 3 fully saturated rings. The van der Waals surface area contributed by atoms with Crippen LogP contribution < -0.4 is 14.5 Å². The summed E-state index contributed by atoms with van der Waals surface area (Å²) in [7, 11) is 2.14. The van der Waals surface area contributed by atoms with Crippen LogP contribution in [0.1, 0.15) is 55.3 Å². The van der Waals surface area contributed by atoms with Crippen LogP contribution in [0.15, 0.2) is 48.6 Å². The van der Waals surface area contributed by atoms with E-state index in [1.165, 1.54) is 39.7 Å². The molecule has 1 saturated carbocycles. The highest BCUT2D eigenvalue weighted by Gasteiger charge is 2.49. The zero-order valence-corrected chi connectivity index (χ0v) is 27.5. The topological polar surface area (TPSA) is 88.8 Å². The van der Waals surface area contributed by atoms with Crippen molar-refractivity contribution in [3.05, 3.63) is 65.4 Å². The number of allylic oxidation sites excluding steroid dienone is 1. The summed E-state index contributed by atoms with van der Waals surface area (Å²) in [5.41, 5.74) is 4.60. The molecule has 0 unspecified atom stereocenters. The Balaban J connectivity index is 1.28. The lowest BCUT2D eigenvalue weighted by molar-refractivity contribution is -0.128. The second-order valence-electron chi connectivity index (χ2n) is 13.7. The standard InChI is InChI=1S/C37H44FN7O2/c1-26-8-3-9-27-10-4-12-31(33(26)27)44-23-30-34(37(25-44)15-7-16-37)35(41-36(40-30)47-24-29-11-6-19-42(29)2)43-20-21-45(28(22-43)14-18-39)32(46)13-5-17-38/h3-5,8-10,12-13,28-29H,6-7,11,14-17,19-25H2,1-2H3/b13-5+/t28-,29-/m0/s1. The van der Waals surface area contributed by atoms with Crippen molar-refractivity contribution >= 4 is 28.2 Å². The molecule has 9 nitrogen and oxygen atoms in total. The summed E-state index contributed by atoms with van der Waals surface area (Å²) >= 11 is 0. The van der Waals surface area contributed by atoms with Crippen LogP contribution in [0.5, 0.6) is 6.01 Å². The molecule has 0 N–H and O–H groups in total. The molecule has 7 rings (SSSR count). The van der Waals surface area contributed by atoms with Crippen molar-refractivity contribution in [1.29, 1.82) is 5.26 Å². The highest BCUT2D eigenvalue weighted by Crippen LogP contribution is 2.52. The van der Waals surface area contributed by atoms with E-state index in [-0.39, 0.29) is 23.8 Å². The first-order chi connectivity index (χ1) is 22.9. The van der Waals surface area contributed by atoms with Gasteiger partial charge in [-0.25, -0.2) is 4.39 Å². The van der Waals surface area contributed by atoms with Gasteiger partial charge in [0.05, 0.1) is 30.8 Å². The van der Waals surface area contributed by atoms with Crippen LogP contribution >= 0.6 is 0 Å². The van der Waals surface area contributed by atoms with Gasteiger partial charge in [-0.15, -0.1) is 0 Å². The molecule has 4 heterocycles. The number of nitriles is 1. The molecule has 246 valence electrons. The first kappa shape index (κ1) is 31.4. The number of alkyl halides is 1. The number of anilines is 2. The fourth-order valence-corrected chi connectivity index (χ4v) is 8.27. The largest absolute Gasteiger partial charge is 0.462 e. The number of benzene rings is 2. The molecule has 0 radical (unpaired) electrons. The molecule has 1 amide bonds. The predicted octanol–water partition coefficient (Wildman–Crippen LogP) is 5.31. The van der Waals surface area contributed by atoms with Gasteiger partial charge in [-0.05, 0) is 69.3 Å². The molecule has 10 heteroatoms. The Hall–Kier alpha value is -4.23. The Kier molecular flexibility index (Phi) is 8.75. The maximum Gasteiger partial charge on any atom is 0.318 e. The molecule has 47 heavy (non-hydrogen) atoms. The number of carbonyl (C=O) groups is 1. The molecule has 2 aromatic carbocycles. The van der Waals surface area contributed by atoms with E-state index in [9.17, 15) is 14.4 Å². The lowest BCUT2D eigenvalue weighted by Gasteiger charge is -2.52. The summed E-state index contributed by atoms with van der Waals surface area (Å²) in [6.45, 7) is 6.08.